The fourth-order valence-electron chi connectivity index (χ4n) is 2.24. The molecule has 0 aliphatic rings. The second-order valence-electron chi connectivity index (χ2n) is 4.97. The number of aryl methyl sites for hydroxylation is 1. The number of carbonyl (C=O) groups is 1. The van der Waals surface area contributed by atoms with Crippen molar-refractivity contribution in [2.45, 2.75) is 12.8 Å². The zero-order valence-corrected chi connectivity index (χ0v) is 12.9. The lowest BCUT2D eigenvalue weighted by atomic mass is 10.0. The van der Waals surface area contributed by atoms with E-state index in [-0.39, 0.29) is 40.8 Å². The molecule has 6 heteroatoms. The lowest BCUT2D eigenvalue weighted by Crippen LogP contribution is -2.05. The standard InChI is InChI=1S/C17H18O6/c1-22-11-8-15(21)17(16(9-11)23-2)13(19)6-4-10-3-5-12(18)14(20)7-10/h3,5,7-9,18,20-21H,4,6H2,1-2H3. The maximum absolute atomic E-state index is 12.4. The molecule has 0 aromatic heterocycles. The SMILES string of the molecule is COc1cc(O)c(C(=O)CCc2ccc(O)c(O)c2)c(OC)c1. The molecule has 0 amide bonds. The minimum absolute atomic E-state index is 0.0938. The fourth-order valence-corrected chi connectivity index (χ4v) is 2.24. The molecule has 2 aromatic rings. The molecule has 3 N–H and O–H groups in total. The van der Waals surface area contributed by atoms with Gasteiger partial charge in [0.05, 0.1) is 14.2 Å². The highest BCUT2D eigenvalue weighted by atomic mass is 16.5. The van der Waals surface area contributed by atoms with E-state index in [1.54, 1.807) is 6.07 Å². The van der Waals surface area contributed by atoms with E-state index in [2.05, 4.69) is 0 Å². The first-order valence-electron chi connectivity index (χ1n) is 6.95. The number of carbonyl (C=O) groups excluding carboxylic acids is 1. The average molecular weight is 318 g/mol. The molecule has 0 bridgehead atoms. The van der Waals surface area contributed by atoms with Crippen LogP contribution in [-0.2, 0) is 6.42 Å². The number of rotatable bonds is 6. The van der Waals surface area contributed by atoms with Crippen LogP contribution < -0.4 is 9.47 Å². The molecule has 2 rings (SSSR count). The minimum Gasteiger partial charge on any atom is -0.507 e. The lowest BCUT2D eigenvalue weighted by molar-refractivity contribution is 0.0977. The summed E-state index contributed by atoms with van der Waals surface area (Å²) in [6.07, 6.45) is 0.460. The zero-order valence-electron chi connectivity index (χ0n) is 12.9. The Bertz CT molecular complexity index is 723. The number of hydrogen-bond acceptors (Lipinski definition) is 6. The number of ketones is 1. The lowest BCUT2D eigenvalue weighted by Gasteiger charge is -2.12. The second-order valence-corrected chi connectivity index (χ2v) is 4.97. The van der Waals surface area contributed by atoms with Crippen LogP contribution in [0.25, 0.3) is 0 Å². The van der Waals surface area contributed by atoms with Crippen LogP contribution in [-0.4, -0.2) is 35.3 Å². The summed E-state index contributed by atoms with van der Waals surface area (Å²) >= 11 is 0. The van der Waals surface area contributed by atoms with Crippen LogP contribution in [0.2, 0.25) is 0 Å². The van der Waals surface area contributed by atoms with E-state index in [0.29, 0.717) is 17.7 Å². The first kappa shape index (κ1) is 16.5. The number of Topliss-reactive ketones (excluding diaryl/α,β-unsaturated/α-hetero) is 1. The third-order valence-corrected chi connectivity index (χ3v) is 3.47. The van der Waals surface area contributed by atoms with Gasteiger partial charge in [0.2, 0.25) is 0 Å². The van der Waals surface area contributed by atoms with Crippen molar-refractivity contribution in [2.75, 3.05) is 14.2 Å². The van der Waals surface area contributed by atoms with E-state index in [4.69, 9.17) is 9.47 Å². The van der Waals surface area contributed by atoms with Gasteiger partial charge in [0, 0.05) is 18.6 Å². The monoisotopic (exact) mass is 318 g/mol. The van der Waals surface area contributed by atoms with Crippen LogP contribution >= 0.6 is 0 Å². The van der Waals surface area contributed by atoms with Crippen LogP contribution in [0.5, 0.6) is 28.7 Å². The van der Waals surface area contributed by atoms with Gasteiger partial charge >= 0.3 is 0 Å². The molecule has 6 nitrogen and oxygen atoms in total. The maximum Gasteiger partial charge on any atom is 0.170 e. The van der Waals surface area contributed by atoms with Gasteiger partial charge in [-0.3, -0.25) is 4.79 Å². The molecule has 0 spiro atoms. The summed E-state index contributed by atoms with van der Waals surface area (Å²) in [5, 5.41) is 28.8. The molecular weight excluding hydrogens is 300 g/mol. The van der Waals surface area contributed by atoms with Crippen LogP contribution in [0.1, 0.15) is 22.3 Å². The van der Waals surface area contributed by atoms with Crippen molar-refractivity contribution in [2.24, 2.45) is 0 Å². The summed E-state index contributed by atoms with van der Waals surface area (Å²) in [5.41, 5.74) is 0.789. The Morgan fingerprint density at radius 3 is 2.30 bits per heavy atom. The van der Waals surface area contributed by atoms with E-state index in [1.165, 1.54) is 38.5 Å². The fraction of sp³-hybridized carbons (Fsp3) is 0.235. The minimum atomic E-state index is -0.297. The number of methoxy groups -OCH3 is 2. The van der Waals surface area contributed by atoms with Gasteiger partial charge < -0.3 is 24.8 Å². The van der Waals surface area contributed by atoms with Crippen molar-refractivity contribution >= 4 is 5.78 Å². The molecule has 0 atom stereocenters. The number of phenolic OH excluding ortho intramolecular Hbond substituents is 3. The van der Waals surface area contributed by atoms with Gasteiger partial charge in [0.1, 0.15) is 22.8 Å². The highest BCUT2D eigenvalue weighted by Gasteiger charge is 2.19. The van der Waals surface area contributed by atoms with Crippen LogP contribution in [0.4, 0.5) is 0 Å². The molecule has 0 fully saturated rings. The predicted molar refractivity (Wildman–Crippen MR) is 83.6 cm³/mol. The third-order valence-electron chi connectivity index (χ3n) is 3.47. The van der Waals surface area contributed by atoms with Gasteiger partial charge in [0.15, 0.2) is 17.3 Å². The molecule has 0 heterocycles. The second kappa shape index (κ2) is 6.91. The summed E-state index contributed by atoms with van der Waals surface area (Å²) < 4.78 is 10.2. The molecular formula is C17H18O6. The van der Waals surface area contributed by atoms with Crippen molar-refractivity contribution in [3.63, 3.8) is 0 Å². The summed E-state index contributed by atoms with van der Waals surface area (Å²) in [6, 6.07) is 7.25. The maximum atomic E-state index is 12.4. The smallest absolute Gasteiger partial charge is 0.170 e. The van der Waals surface area contributed by atoms with Crippen LogP contribution in [0.15, 0.2) is 30.3 Å². The van der Waals surface area contributed by atoms with E-state index in [0.717, 1.165) is 0 Å². The number of benzene rings is 2. The molecule has 23 heavy (non-hydrogen) atoms. The predicted octanol–water partition coefficient (Wildman–Crippen LogP) is 2.64. The molecule has 0 saturated heterocycles. The van der Waals surface area contributed by atoms with Crippen molar-refractivity contribution in [1.82, 2.24) is 0 Å². The summed E-state index contributed by atoms with van der Waals surface area (Å²) in [6.45, 7) is 0. The van der Waals surface area contributed by atoms with Crippen molar-refractivity contribution in [3.8, 4) is 28.7 Å². The van der Waals surface area contributed by atoms with Gasteiger partial charge in [-0.15, -0.1) is 0 Å². The van der Waals surface area contributed by atoms with Crippen molar-refractivity contribution < 1.29 is 29.6 Å². The van der Waals surface area contributed by atoms with Gasteiger partial charge in [0.25, 0.3) is 0 Å². The molecule has 0 unspecified atom stereocenters. The van der Waals surface area contributed by atoms with E-state index >= 15 is 0 Å². The Hall–Kier alpha value is -2.89. The van der Waals surface area contributed by atoms with E-state index in [9.17, 15) is 20.1 Å². The molecule has 0 saturated carbocycles. The van der Waals surface area contributed by atoms with Gasteiger partial charge in [-0.2, -0.15) is 0 Å². The quantitative estimate of drug-likeness (QED) is 0.560. The van der Waals surface area contributed by atoms with Crippen LogP contribution in [0.3, 0.4) is 0 Å². The van der Waals surface area contributed by atoms with Gasteiger partial charge in [-0.05, 0) is 24.1 Å². The van der Waals surface area contributed by atoms with E-state index < -0.39 is 0 Å². The molecule has 0 radical (unpaired) electrons. The Morgan fingerprint density at radius 1 is 0.957 bits per heavy atom. The number of phenols is 3. The molecule has 0 aliphatic heterocycles. The summed E-state index contributed by atoms with van der Waals surface area (Å²) in [4.78, 5) is 12.4. The van der Waals surface area contributed by atoms with E-state index in [1.807, 2.05) is 0 Å². The Kier molecular flexibility index (Phi) is 4.95. The van der Waals surface area contributed by atoms with Crippen molar-refractivity contribution in [3.05, 3.63) is 41.5 Å². The van der Waals surface area contributed by atoms with Crippen LogP contribution in [0, 0.1) is 0 Å². The Labute approximate surface area is 133 Å². The topological polar surface area (TPSA) is 96.2 Å². The number of aromatic hydroxyl groups is 3. The molecule has 2 aromatic carbocycles. The first-order chi connectivity index (χ1) is 11.0. The molecule has 0 aliphatic carbocycles. The summed E-state index contributed by atoms with van der Waals surface area (Å²) in [5.74, 6) is -0.330. The Balaban J connectivity index is 2.18. The third kappa shape index (κ3) is 3.66. The van der Waals surface area contributed by atoms with Crippen molar-refractivity contribution in [1.29, 1.82) is 0 Å². The largest absolute Gasteiger partial charge is 0.507 e. The number of ether oxygens (including phenoxy) is 2. The zero-order chi connectivity index (χ0) is 17.0. The number of hydrogen-bond donors (Lipinski definition) is 3. The van der Waals surface area contributed by atoms with Gasteiger partial charge in [-0.1, -0.05) is 6.07 Å². The normalized spacial score (nSPS) is 10.3. The van der Waals surface area contributed by atoms with Gasteiger partial charge in [-0.25, -0.2) is 0 Å². The Morgan fingerprint density at radius 2 is 1.70 bits per heavy atom. The highest BCUT2D eigenvalue weighted by Crippen LogP contribution is 2.34. The highest BCUT2D eigenvalue weighted by molar-refractivity contribution is 6.01. The first-order valence-corrected chi connectivity index (χ1v) is 6.95. The molecule has 122 valence electrons. The summed E-state index contributed by atoms with van der Waals surface area (Å²) in [7, 11) is 2.86. The average Bonchev–Trinajstić information content (AvgIpc) is 2.54.